The third-order valence-electron chi connectivity index (χ3n) is 3.93. The zero-order valence-corrected chi connectivity index (χ0v) is 13.9. The highest BCUT2D eigenvalue weighted by Crippen LogP contribution is 2.32. The Hall–Kier alpha value is -3.09. The van der Waals surface area contributed by atoms with Crippen LogP contribution in [0.4, 0.5) is 13.2 Å². The van der Waals surface area contributed by atoms with Gasteiger partial charge in [0.2, 0.25) is 0 Å². The van der Waals surface area contributed by atoms with Crippen LogP contribution in [-0.4, -0.2) is 27.6 Å². The molecule has 0 N–H and O–H groups in total. The molecule has 0 aliphatic carbocycles. The van der Waals surface area contributed by atoms with Gasteiger partial charge in [0.15, 0.2) is 0 Å². The van der Waals surface area contributed by atoms with E-state index in [-0.39, 0.29) is 12.1 Å². The Balaban J connectivity index is 1.79. The summed E-state index contributed by atoms with van der Waals surface area (Å²) < 4.78 is 40.8. The van der Waals surface area contributed by atoms with Gasteiger partial charge in [-0.05, 0) is 23.8 Å². The molecule has 0 radical (unpaired) electrons. The van der Waals surface area contributed by atoms with Crippen molar-refractivity contribution in [1.82, 2.24) is 14.7 Å². The van der Waals surface area contributed by atoms with E-state index in [2.05, 4.69) is 5.10 Å². The minimum Gasteiger partial charge on any atom is -0.337 e. The fourth-order valence-corrected chi connectivity index (χ4v) is 2.64. The topological polar surface area (TPSA) is 38.1 Å². The van der Waals surface area contributed by atoms with Gasteiger partial charge in [0, 0.05) is 19.8 Å². The smallest absolute Gasteiger partial charge is 0.337 e. The molecule has 0 spiro atoms. The van der Waals surface area contributed by atoms with Crippen molar-refractivity contribution >= 4 is 5.91 Å². The molecule has 2 aromatic carbocycles. The summed E-state index contributed by atoms with van der Waals surface area (Å²) in [6.45, 7) is -0.148. The van der Waals surface area contributed by atoms with Crippen LogP contribution in [0.25, 0.3) is 5.69 Å². The second kappa shape index (κ2) is 7.03. The van der Waals surface area contributed by atoms with E-state index >= 15 is 0 Å². The maximum atomic E-state index is 13.1. The van der Waals surface area contributed by atoms with Crippen molar-refractivity contribution in [3.8, 4) is 5.69 Å². The maximum absolute atomic E-state index is 13.1. The molecule has 0 saturated heterocycles. The Labute approximate surface area is 148 Å². The van der Waals surface area contributed by atoms with Crippen LogP contribution in [0.1, 0.15) is 21.5 Å². The number of halogens is 3. The maximum Gasteiger partial charge on any atom is 0.416 e. The minimum absolute atomic E-state index is 0.0475. The van der Waals surface area contributed by atoms with Crippen molar-refractivity contribution < 1.29 is 18.0 Å². The number of alkyl halides is 3. The Morgan fingerprint density at radius 3 is 2.42 bits per heavy atom. The van der Waals surface area contributed by atoms with Crippen LogP contribution in [0.15, 0.2) is 67.0 Å². The number of hydrogen-bond acceptors (Lipinski definition) is 2. The van der Waals surface area contributed by atoms with Crippen molar-refractivity contribution in [2.45, 2.75) is 12.7 Å². The van der Waals surface area contributed by atoms with Gasteiger partial charge >= 0.3 is 6.18 Å². The normalized spacial score (nSPS) is 11.4. The second-order valence-electron chi connectivity index (χ2n) is 5.83. The van der Waals surface area contributed by atoms with Crippen molar-refractivity contribution in [2.24, 2.45) is 0 Å². The molecule has 1 amide bonds. The number of aromatic nitrogens is 2. The molecule has 1 aromatic heterocycles. The average Bonchev–Trinajstić information content (AvgIpc) is 3.11. The second-order valence-corrected chi connectivity index (χ2v) is 5.83. The first-order chi connectivity index (χ1) is 12.4. The van der Waals surface area contributed by atoms with E-state index in [4.69, 9.17) is 0 Å². The van der Waals surface area contributed by atoms with Gasteiger partial charge in [0.25, 0.3) is 5.91 Å². The van der Waals surface area contributed by atoms with Crippen LogP contribution >= 0.6 is 0 Å². The molecular weight excluding hydrogens is 343 g/mol. The van der Waals surface area contributed by atoms with Crippen LogP contribution in [-0.2, 0) is 12.7 Å². The highest BCUT2D eigenvalue weighted by Gasteiger charge is 2.33. The van der Waals surface area contributed by atoms with E-state index in [9.17, 15) is 18.0 Å². The summed E-state index contributed by atoms with van der Waals surface area (Å²) in [5, 5.41) is 4.14. The summed E-state index contributed by atoms with van der Waals surface area (Å²) in [5.74, 6) is -0.399. The van der Waals surface area contributed by atoms with Crippen molar-refractivity contribution in [2.75, 3.05) is 7.05 Å². The molecule has 1 heterocycles. The summed E-state index contributed by atoms with van der Waals surface area (Å²) in [6.07, 6.45) is -1.50. The molecule has 0 saturated carbocycles. The quantitative estimate of drug-likeness (QED) is 0.701. The van der Waals surface area contributed by atoms with Crippen LogP contribution in [0.5, 0.6) is 0 Å². The van der Waals surface area contributed by atoms with Gasteiger partial charge in [0.1, 0.15) is 0 Å². The first-order valence-electron chi connectivity index (χ1n) is 7.87. The number of hydrogen-bond donors (Lipinski definition) is 0. The predicted octanol–water partition coefficient (Wildman–Crippen LogP) is 4.16. The fourth-order valence-electron chi connectivity index (χ4n) is 2.64. The van der Waals surface area contributed by atoms with Crippen molar-refractivity contribution in [1.29, 1.82) is 0 Å². The third-order valence-corrected chi connectivity index (χ3v) is 3.93. The predicted molar refractivity (Wildman–Crippen MR) is 90.8 cm³/mol. The zero-order chi connectivity index (χ0) is 18.7. The van der Waals surface area contributed by atoms with Crippen molar-refractivity contribution in [3.63, 3.8) is 0 Å². The molecule has 0 aliphatic heterocycles. The largest absolute Gasteiger partial charge is 0.416 e. The minimum atomic E-state index is -4.46. The zero-order valence-electron chi connectivity index (χ0n) is 13.9. The molecule has 134 valence electrons. The number of carbonyl (C=O) groups is 1. The van der Waals surface area contributed by atoms with Crippen molar-refractivity contribution in [3.05, 3.63) is 83.7 Å². The van der Waals surface area contributed by atoms with E-state index in [1.807, 2.05) is 30.3 Å². The number of nitrogens with zero attached hydrogens (tertiary/aromatic N) is 3. The molecule has 0 unspecified atom stereocenters. The van der Waals surface area contributed by atoms with Gasteiger partial charge in [0.05, 0.1) is 23.0 Å². The van der Waals surface area contributed by atoms with Gasteiger partial charge in [-0.3, -0.25) is 4.79 Å². The highest BCUT2D eigenvalue weighted by molar-refractivity contribution is 5.93. The molecule has 0 aliphatic rings. The van der Waals surface area contributed by atoms with E-state index in [1.54, 1.807) is 10.9 Å². The average molecular weight is 359 g/mol. The summed E-state index contributed by atoms with van der Waals surface area (Å²) in [6, 6.07) is 14.5. The van der Waals surface area contributed by atoms with Gasteiger partial charge < -0.3 is 4.90 Å². The van der Waals surface area contributed by atoms with E-state index in [0.717, 1.165) is 11.8 Å². The molecule has 0 fully saturated rings. The molecule has 7 heteroatoms. The highest BCUT2D eigenvalue weighted by atomic mass is 19.4. The summed E-state index contributed by atoms with van der Waals surface area (Å²) in [7, 11) is 1.47. The summed E-state index contributed by atoms with van der Waals surface area (Å²) in [4.78, 5) is 13.8. The van der Waals surface area contributed by atoms with Crippen LogP contribution < -0.4 is 0 Å². The monoisotopic (exact) mass is 359 g/mol. The Morgan fingerprint density at radius 2 is 1.73 bits per heavy atom. The number of carbonyl (C=O) groups excluding carboxylic acids is 1. The standard InChI is InChI=1S/C19H16F3N3O/c1-24(12-14-7-5-6-10-17(14)19(20,21)22)18(26)15-11-23-25(13-15)16-8-3-2-4-9-16/h2-11,13H,12H2,1H3. The van der Waals surface area contributed by atoms with Gasteiger partial charge in [-0.15, -0.1) is 0 Å². The molecule has 4 nitrogen and oxygen atoms in total. The lowest BCUT2D eigenvalue weighted by Gasteiger charge is -2.19. The Kier molecular flexibility index (Phi) is 4.79. The molecular formula is C19H16F3N3O. The Bertz CT molecular complexity index is 904. The first kappa shape index (κ1) is 17.7. The fraction of sp³-hybridized carbons (Fsp3) is 0.158. The molecule has 3 rings (SSSR count). The summed E-state index contributed by atoms with van der Waals surface area (Å²) >= 11 is 0. The SMILES string of the molecule is CN(Cc1ccccc1C(F)(F)F)C(=O)c1cnn(-c2ccccc2)c1. The lowest BCUT2D eigenvalue weighted by Crippen LogP contribution is -2.27. The lowest BCUT2D eigenvalue weighted by atomic mass is 10.1. The van der Waals surface area contributed by atoms with E-state index in [1.165, 1.54) is 36.3 Å². The number of para-hydroxylation sites is 1. The van der Waals surface area contributed by atoms with Crippen LogP contribution in [0, 0.1) is 0 Å². The molecule has 0 bridgehead atoms. The van der Waals surface area contributed by atoms with Gasteiger partial charge in [-0.2, -0.15) is 18.3 Å². The van der Waals surface area contributed by atoms with Crippen LogP contribution in [0.3, 0.4) is 0 Å². The lowest BCUT2D eigenvalue weighted by molar-refractivity contribution is -0.138. The molecule has 3 aromatic rings. The Morgan fingerprint density at radius 1 is 1.08 bits per heavy atom. The van der Waals surface area contributed by atoms with E-state index < -0.39 is 17.6 Å². The molecule has 0 atom stereocenters. The summed E-state index contributed by atoms with van der Waals surface area (Å²) in [5.41, 5.74) is 0.406. The van der Waals surface area contributed by atoms with Crippen LogP contribution in [0.2, 0.25) is 0 Å². The van der Waals surface area contributed by atoms with E-state index in [0.29, 0.717) is 5.56 Å². The number of amides is 1. The van der Waals surface area contributed by atoms with Gasteiger partial charge in [-0.1, -0.05) is 36.4 Å². The van der Waals surface area contributed by atoms with Gasteiger partial charge in [-0.25, -0.2) is 4.68 Å². The third kappa shape index (κ3) is 3.77. The number of benzene rings is 2. The molecule has 26 heavy (non-hydrogen) atoms. The number of rotatable bonds is 4. The first-order valence-corrected chi connectivity index (χ1v) is 7.87.